The molecule has 0 spiro atoms. The largest absolute Gasteiger partial charge is 0.480 e. The second-order valence-corrected chi connectivity index (χ2v) is 16.4. The van der Waals surface area contributed by atoms with Gasteiger partial charge < -0.3 is 30.9 Å². The third-order valence-corrected chi connectivity index (χ3v) is 9.20. The number of esters is 2. The smallest absolute Gasteiger partial charge is 0.323 e. The average Bonchev–Trinajstić information content (AvgIpc) is 3.29. The van der Waals surface area contributed by atoms with Crippen LogP contribution in [0.4, 0.5) is 0 Å². The first-order chi connectivity index (χ1) is 30.3. The van der Waals surface area contributed by atoms with Gasteiger partial charge in [-0.15, -0.1) is 0 Å². The number of carbonyl (C=O) groups excluding carboxylic acids is 3. The number of carboxylic acid groups (broad SMARTS) is 1. The third kappa shape index (κ3) is 25.6. The highest BCUT2D eigenvalue weighted by Crippen LogP contribution is 2.11. The first kappa shape index (κ1) is 53.2. The molecule has 5 aromatic carbocycles. The molecule has 3 atom stereocenters. The van der Waals surface area contributed by atoms with Crippen LogP contribution >= 0.6 is 0 Å². The Morgan fingerprint density at radius 3 is 1.19 bits per heavy atom. The van der Waals surface area contributed by atoms with Crippen molar-refractivity contribution in [1.29, 1.82) is 0 Å². The molecule has 0 aliphatic carbocycles. The number of nitrogens with one attached hydrogen (secondary N) is 2. The fourth-order valence-electron chi connectivity index (χ4n) is 5.95. The van der Waals surface area contributed by atoms with Crippen molar-refractivity contribution in [3.8, 4) is 0 Å². The summed E-state index contributed by atoms with van der Waals surface area (Å²) in [5.74, 6) is -0.0723. The molecule has 0 saturated carbocycles. The van der Waals surface area contributed by atoms with Crippen LogP contribution in [-0.4, -0.2) is 47.4 Å². The number of benzene rings is 5. The van der Waals surface area contributed by atoms with Crippen LogP contribution in [0.15, 0.2) is 152 Å². The van der Waals surface area contributed by atoms with Gasteiger partial charge in [0, 0.05) is 18.7 Å². The number of aldehydes is 1. The molecule has 5 N–H and O–H groups in total. The zero-order valence-corrected chi connectivity index (χ0v) is 37.9. The van der Waals surface area contributed by atoms with Gasteiger partial charge in [0.2, 0.25) is 0 Å². The zero-order chi connectivity index (χ0) is 46.2. The number of ether oxygens (including phenoxy) is 2. The Kier molecular flexibility index (Phi) is 26.9. The molecule has 338 valence electrons. The van der Waals surface area contributed by atoms with Gasteiger partial charge in [0.05, 0.1) is 0 Å². The fraction of sp³-hybridized carbons (Fsp3) is 0.358. The van der Waals surface area contributed by atoms with Gasteiger partial charge in [0.25, 0.3) is 0 Å². The van der Waals surface area contributed by atoms with Gasteiger partial charge in [-0.2, -0.15) is 0 Å². The topological polar surface area (TPSA) is 157 Å². The highest BCUT2D eigenvalue weighted by molar-refractivity contribution is 5.76. The molecule has 0 heterocycles. The molecule has 0 amide bonds. The van der Waals surface area contributed by atoms with Gasteiger partial charge in [-0.05, 0) is 59.3 Å². The highest BCUT2D eigenvalue weighted by atomic mass is 16.5. The summed E-state index contributed by atoms with van der Waals surface area (Å²) in [7, 11) is 0. The maximum absolute atomic E-state index is 12.4. The Morgan fingerprint density at radius 2 is 0.841 bits per heavy atom. The van der Waals surface area contributed by atoms with E-state index >= 15 is 0 Å². The number of aliphatic carboxylic acids is 1. The van der Waals surface area contributed by atoms with Crippen LogP contribution in [0, 0.1) is 17.8 Å². The summed E-state index contributed by atoms with van der Waals surface area (Å²) in [4.78, 5) is 44.9. The Morgan fingerprint density at radius 1 is 0.508 bits per heavy atom. The van der Waals surface area contributed by atoms with E-state index in [0.29, 0.717) is 56.9 Å². The fourth-order valence-corrected chi connectivity index (χ4v) is 5.95. The van der Waals surface area contributed by atoms with E-state index in [-0.39, 0.29) is 18.0 Å². The van der Waals surface area contributed by atoms with E-state index < -0.39 is 18.1 Å². The predicted molar refractivity (Wildman–Crippen MR) is 252 cm³/mol. The minimum atomic E-state index is -0.773. The molecule has 0 saturated heterocycles. The quantitative estimate of drug-likeness (QED) is 0.0439. The van der Waals surface area contributed by atoms with Crippen molar-refractivity contribution in [3.63, 3.8) is 0 Å². The predicted octanol–water partition coefficient (Wildman–Crippen LogP) is 9.81. The second-order valence-electron chi connectivity index (χ2n) is 16.4. The van der Waals surface area contributed by atoms with Gasteiger partial charge >= 0.3 is 17.9 Å². The Hall–Kier alpha value is -5.94. The number of rotatable bonds is 20. The van der Waals surface area contributed by atoms with Crippen molar-refractivity contribution in [2.45, 2.75) is 105 Å². The Balaban J connectivity index is 0.000000304. The van der Waals surface area contributed by atoms with E-state index in [1.54, 1.807) is 12.1 Å². The second kappa shape index (κ2) is 31.8. The van der Waals surface area contributed by atoms with Gasteiger partial charge in [-0.1, -0.05) is 193 Å². The maximum atomic E-state index is 12.4. The highest BCUT2D eigenvalue weighted by Gasteiger charge is 2.21. The molecule has 0 aromatic heterocycles. The molecule has 0 aliphatic rings. The van der Waals surface area contributed by atoms with Crippen LogP contribution in [0.2, 0.25) is 0 Å². The van der Waals surface area contributed by atoms with Crippen LogP contribution < -0.4 is 16.4 Å². The number of hydrogen-bond acceptors (Lipinski definition) is 9. The maximum Gasteiger partial charge on any atom is 0.323 e. The summed E-state index contributed by atoms with van der Waals surface area (Å²) in [6.45, 7) is 14.2. The minimum absolute atomic E-state index is 0.182. The van der Waals surface area contributed by atoms with E-state index in [2.05, 4.69) is 36.6 Å². The van der Waals surface area contributed by atoms with Crippen LogP contribution in [0.1, 0.15) is 93.4 Å². The van der Waals surface area contributed by atoms with Crippen molar-refractivity contribution in [3.05, 3.63) is 179 Å². The summed E-state index contributed by atoms with van der Waals surface area (Å²) in [6.07, 6.45) is 2.91. The molecule has 5 aromatic rings. The van der Waals surface area contributed by atoms with Gasteiger partial charge in [-0.25, -0.2) is 0 Å². The first-order valence-electron chi connectivity index (χ1n) is 21.7. The lowest BCUT2D eigenvalue weighted by atomic mass is 10.0. The number of carbonyl (C=O) groups is 4. The summed E-state index contributed by atoms with van der Waals surface area (Å²) < 4.78 is 10.6. The van der Waals surface area contributed by atoms with Gasteiger partial charge in [0.1, 0.15) is 37.6 Å². The third-order valence-electron chi connectivity index (χ3n) is 9.20. The first-order valence-corrected chi connectivity index (χ1v) is 21.7. The number of carboxylic acids is 1. The van der Waals surface area contributed by atoms with E-state index in [1.165, 1.54) is 0 Å². The molecule has 0 unspecified atom stereocenters. The standard InChI is InChI=1S/C20H25NO2.2C13H19NO2.C7H6O/c1-16(2)13-19(21-14-17-9-5-3-6-10-17)20(22)23-15-18-11-7-4-8-12-18;1-10(2)8-12(14)13(15)16-9-11-6-4-3-5-7-11;1-10(2)8-12(13(15)16)14-9-11-6-4-3-5-7-11;8-6-7-4-2-1-3-5-7/h3-12,16,19,21H,13-15H2,1-2H3;3-7,10,12H,8-9,14H2,1-2H3;3-7,10,12,14H,8-9H2,1-2H3,(H,15,16);1-6H/t19-;2*12-;/m000./s1. The summed E-state index contributed by atoms with van der Waals surface area (Å²) >= 11 is 0. The van der Waals surface area contributed by atoms with E-state index in [0.717, 1.165) is 40.5 Å². The minimum Gasteiger partial charge on any atom is -0.480 e. The van der Waals surface area contributed by atoms with Crippen LogP contribution in [0.5, 0.6) is 0 Å². The monoisotopic (exact) mass is 860 g/mol. The van der Waals surface area contributed by atoms with Crippen LogP contribution in [0.3, 0.4) is 0 Å². The number of nitrogens with two attached hydrogens (primary N) is 1. The van der Waals surface area contributed by atoms with Crippen molar-refractivity contribution in [2.75, 3.05) is 0 Å². The molecular weight excluding hydrogens is 791 g/mol. The van der Waals surface area contributed by atoms with E-state index in [9.17, 15) is 19.2 Å². The molecule has 5 rings (SSSR count). The molecule has 0 radical (unpaired) electrons. The molecule has 0 fully saturated rings. The van der Waals surface area contributed by atoms with E-state index in [1.807, 2.05) is 155 Å². The lowest BCUT2D eigenvalue weighted by Crippen LogP contribution is -2.38. The van der Waals surface area contributed by atoms with Crippen molar-refractivity contribution >= 4 is 24.2 Å². The van der Waals surface area contributed by atoms with Crippen LogP contribution in [0.25, 0.3) is 0 Å². The summed E-state index contributed by atoms with van der Waals surface area (Å²) in [5, 5.41) is 15.4. The molecule has 10 heteroatoms. The molecule has 63 heavy (non-hydrogen) atoms. The summed E-state index contributed by atoms with van der Waals surface area (Å²) in [6, 6.07) is 47.1. The van der Waals surface area contributed by atoms with Gasteiger partial charge in [-0.3, -0.25) is 19.2 Å². The average molecular weight is 860 g/mol. The summed E-state index contributed by atoms with van der Waals surface area (Å²) in [5.41, 5.74) is 10.7. The Labute approximate surface area is 375 Å². The SMILES string of the molecule is CC(C)C[C@H](N)C(=O)OCc1ccccc1.CC(C)C[C@H](NCc1ccccc1)C(=O)O.CC(C)C[C@H](NCc1ccccc1)C(=O)OCc1ccccc1.O=Cc1ccccc1. The molecule has 0 bridgehead atoms. The molecule has 0 aliphatic heterocycles. The van der Waals surface area contributed by atoms with Crippen LogP contribution in [-0.2, 0) is 50.2 Å². The zero-order valence-electron chi connectivity index (χ0n) is 37.9. The number of hydrogen-bond donors (Lipinski definition) is 4. The lowest BCUT2D eigenvalue weighted by Gasteiger charge is -2.19. The van der Waals surface area contributed by atoms with Crippen molar-refractivity contribution in [2.24, 2.45) is 23.5 Å². The lowest BCUT2D eigenvalue weighted by molar-refractivity contribution is -0.148. The Bertz CT molecular complexity index is 1950. The van der Waals surface area contributed by atoms with Crippen molar-refractivity contribution in [1.82, 2.24) is 10.6 Å². The normalized spacial score (nSPS) is 11.9. The van der Waals surface area contributed by atoms with Gasteiger partial charge in [0.15, 0.2) is 0 Å². The molecule has 10 nitrogen and oxygen atoms in total. The molecular formula is C53H69N3O7. The van der Waals surface area contributed by atoms with E-state index in [4.69, 9.17) is 20.3 Å². The van der Waals surface area contributed by atoms with Crippen molar-refractivity contribution < 1.29 is 33.8 Å².